The quantitative estimate of drug-likeness (QED) is 0.670. The van der Waals surface area contributed by atoms with Crippen molar-refractivity contribution in [1.82, 2.24) is 4.90 Å². The van der Waals surface area contributed by atoms with E-state index in [4.69, 9.17) is 10.5 Å². The van der Waals surface area contributed by atoms with Crippen molar-refractivity contribution in [3.63, 3.8) is 0 Å². The first-order chi connectivity index (χ1) is 6.83. The maximum absolute atomic E-state index is 5.66. The smallest absolute Gasteiger partial charge is 0.0702 e. The summed E-state index contributed by atoms with van der Waals surface area (Å²) in [5, 5.41) is 0. The number of rotatable bonds is 5. The van der Waals surface area contributed by atoms with E-state index in [9.17, 15) is 0 Å². The number of nitrogens with two attached hydrogens (primary N) is 1. The molecule has 1 heterocycles. The van der Waals surface area contributed by atoms with E-state index in [2.05, 4.69) is 18.0 Å². The van der Waals surface area contributed by atoms with Crippen LogP contribution in [0.25, 0.3) is 0 Å². The molecular weight excluding hydrogens is 176 g/mol. The fourth-order valence-electron chi connectivity index (χ4n) is 1.72. The topological polar surface area (TPSA) is 38.5 Å². The van der Waals surface area contributed by atoms with Crippen molar-refractivity contribution in [2.75, 3.05) is 33.3 Å². The Bertz CT molecular complexity index is 165. The van der Waals surface area contributed by atoms with Gasteiger partial charge < -0.3 is 15.4 Å². The number of hydrogen-bond donors (Lipinski definition) is 1. The van der Waals surface area contributed by atoms with E-state index in [-0.39, 0.29) is 0 Å². The molecule has 0 aromatic rings. The van der Waals surface area contributed by atoms with Gasteiger partial charge in [0.2, 0.25) is 0 Å². The summed E-state index contributed by atoms with van der Waals surface area (Å²) in [6, 6.07) is 0. The highest BCUT2D eigenvalue weighted by molar-refractivity contribution is 4.85. The van der Waals surface area contributed by atoms with Gasteiger partial charge in [-0.05, 0) is 26.3 Å². The Morgan fingerprint density at radius 2 is 2.29 bits per heavy atom. The van der Waals surface area contributed by atoms with Gasteiger partial charge in [-0.1, -0.05) is 12.2 Å². The van der Waals surface area contributed by atoms with Crippen LogP contribution in [0.5, 0.6) is 0 Å². The summed E-state index contributed by atoms with van der Waals surface area (Å²) in [6.07, 6.45) is 8.32. The molecule has 82 valence electrons. The molecule has 0 aromatic carbocycles. The van der Waals surface area contributed by atoms with E-state index in [0.29, 0.717) is 12.6 Å². The average Bonchev–Trinajstić information content (AvgIpc) is 2.20. The Labute approximate surface area is 86.9 Å². The average molecular weight is 198 g/mol. The Kier molecular flexibility index (Phi) is 5.83. The van der Waals surface area contributed by atoms with E-state index >= 15 is 0 Å². The van der Waals surface area contributed by atoms with Gasteiger partial charge >= 0.3 is 0 Å². The predicted octanol–water partition coefficient (Wildman–Crippen LogP) is 1.00. The SMILES string of the molecule is CN(CC=CCN)CC1CCCCO1. The lowest BCUT2D eigenvalue weighted by molar-refractivity contribution is 0.000190. The minimum Gasteiger partial charge on any atom is -0.377 e. The van der Waals surface area contributed by atoms with Crippen molar-refractivity contribution in [2.45, 2.75) is 25.4 Å². The zero-order valence-corrected chi connectivity index (χ0v) is 9.11. The molecule has 1 fully saturated rings. The number of nitrogens with zero attached hydrogens (tertiary/aromatic N) is 1. The molecule has 3 nitrogen and oxygen atoms in total. The van der Waals surface area contributed by atoms with Crippen molar-refractivity contribution in [3.8, 4) is 0 Å². The van der Waals surface area contributed by atoms with Crippen LogP contribution in [0.3, 0.4) is 0 Å². The molecule has 14 heavy (non-hydrogen) atoms. The minimum atomic E-state index is 0.444. The second kappa shape index (κ2) is 6.98. The molecule has 1 atom stereocenters. The summed E-state index contributed by atoms with van der Waals surface area (Å²) in [5.41, 5.74) is 5.37. The van der Waals surface area contributed by atoms with Crippen LogP contribution in [0, 0.1) is 0 Å². The van der Waals surface area contributed by atoms with Gasteiger partial charge in [-0.25, -0.2) is 0 Å². The Morgan fingerprint density at radius 1 is 1.43 bits per heavy atom. The third kappa shape index (κ3) is 4.74. The number of ether oxygens (including phenoxy) is 1. The van der Waals surface area contributed by atoms with E-state index in [1.807, 2.05) is 6.08 Å². The molecule has 1 rings (SSSR count). The molecule has 1 unspecified atom stereocenters. The first-order valence-corrected chi connectivity index (χ1v) is 5.48. The molecule has 2 N–H and O–H groups in total. The molecule has 1 saturated heterocycles. The first-order valence-electron chi connectivity index (χ1n) is 5.48. The van der Waals surface area contributed by atoms with Crippen LogP contribution in [0.1, 0.15) is 19.3 Å². The zero-order chi connectivity index (χ0) is 10.2. The van der Waals surface area contributed by atoms with E-state index < -0.39 is 0 Å². The van der Waals surface area contributed by atoms with E-state index in [1.165, 1.54) is 19.3 Å². The van der Waals surface area contributed by atoms with Crippen LogP contribution in [0.2, 0.25) is 0 Å². The third-order valence-corrected chi connectivity index (χ3v) is 2.51. The summed E-state index contributed by atoms with van der Waals surface area (Å²) >= 11 is 0. The van der Waals surface area contributed by atoms with Crippen molar-refractivity contribution < 1.29 is 4.74 Å². The standard InChI is InChI=1S/C11H22N2O/c1-13(8-4-3-7-12)10-11-6-2-5-9-14-11/h3-4,11H,2,5-10,12H2,1H3. The number of likely N-dealkylation sites (N-methyl/N-ethyl adjacent to an activating group) is 1. The highest BCUT2D eigenvalue weighted by Gasteiger charge is 2.14. The molecule has 0 saturated carbocycles. The summed E-state index contributed by atoms with van der Waals surface area (Å²) in [6.45, 7) is 3.58. The molecule has 3 heteroatoms. The molecule has 0 spiro atoms. The molecule has 0 radical (unpaired) electrons. The Hall–Kier alpha value is -0.380. The van der Waals surface area contributed by atoms with Gasteiger partial charge in [-0.3, -0.25) is 0 Å². The molecule has 0 aromatic heterocycles. The lowest BCUT2D eigenvalue weighted by Gasteiger charge is -2.26. The van der Waals surface area contributed by atoms with Crippen molar-refractivity contribution >= 4 is 0 Å². The van der Waals surface area contributed by atoms with Gasteiger partial charge in [0.15, 0.2) is 0 Å². The summed E-state index contributed by atoms with van der Waals surface area (Å²) < 4.78 is 5.66. The minimum absolute atomic E-state index is 0.444. The van der Waals surface area contributed by atoms with Crippen molar-refractivity contribution in [1.29, 1.82) is 0 Å². The molecule has 1 aliphatic heterocycles. The van der Waals surface area contributed by atoms with Crippen LogP contribution in [0.4, 0.5) is 0 Å². The lowest BCUT2D eigenvalue weighted by atomic mass is 10.1. The Balaban J connectivity index is 2.11. The highest BCUT2D eigenvalue weighted by atomic mass is 16.5. The maximum atomic E-state index is 5.66. The molecule has 0 aliphatic carbocycles. The predicted molar refractivity (Wildman–Crippen MR) is 59.3 cm³/mol. The van der Waals surface area contributed by atoms with Crippen LogP contribution in [0.15, 0.2) is 12.2 Å². The van der Waals surface area contributed by atoms with Crippen LogP contribution in [-0.2, 0) is 4.74 Å². The van der Waals surface area contributed by atoms with Gasteiger partial charge in [-0.2, -0.15) is 0 Å². The largest absolute Gasteiger partial charge is 0.377 e. The van der Waals surface area contributed by atoms with Gasteiger partial charge in [-0.15, -0.1) is 0 Å². The first kappa shape index (κ1) is 11.7. The molecule has 0 bridgehead atoms. The van der Waals surface area contributed by atoms with Crippen molar-refractivity contribution in [3.05, 3.63) is 12.2 Å². The van der Waals surface area contributed by atoms with E-state index in [1.54, 1.807) is 0 Å². The van der Waals surface area contributed by atoms with Gasteiger partial charge in [0.1, 0.15) is 0 Å². The second-order valence-corrected chi connectivity index (χ2v) is 3.92. The number of hydrogen-bond acceptors (Lipinski definition) is 3. The fourth-order valence-corrected chi connectivity index (χ4v) is 1.72. The normalized spacial score (nSPS) is 23.5. The maximum Gasteiger partial charge on any atom is 0.0702 e. The van der Waals surface area contributed by atoms with Gasteiger partial charge in [0, 0.05) is 26.2 Å². The summed E-state index contributed by atoms with van der Waals surface area (Å²) in [4.78, 5) is 2.28. The molecule has 1 aliphatic rings. The second-order valence-electron chi connectivity index (χ2n) is 3.92. The molecular formula is C11H22N2O. The van der Waals surface area contributed by atoms with Gasteiger partial charge in [0.05, 0.1) is 6.10 Å². The Morgan fingerprint density at radius 3 is 2.93 bits per heavy atom. The lowest BCUT2D eigenvalue weighted by Crippen LogP contribution is -2.33. The van der Waals surface area contributed by atoms with Crippen LogP contribution in [-0.4, -0.2) is 44.3 Å². The van der Waals surface area contributed by atoms with E-state index in [0.717, 1.165) is 19.7 Å². The van der Waals surface area contributed by atoms with Gasteiger partial charge in [0.25, 0.3) is 0 Å². The fraction of sp³-hybridized carbons (Fsp3) is 0.818. The van der Waals surface area contributed by atoms with Crippen LogP contribution < -0.4 is 5.73 Å². The third-order valence-electron chi connectivity index (χ3n) is 2.51. The summed E-state index contributed by atoms with van der Waals surface area (Å²) in [5.74, 6) is 0. The van der Waals surface area contributed by atoms with Crippen molar-refractivity contribution in [2.24, 2.45) is 5.73 Å². The summed E-state index contributed by atoms with van der Waals surface area (Å²) in [7, 11) is 2.12. The van der Waals surface area contributed by atoms with Crippen LogP contribution >= 0.6 is 0 Å². The molecule has 0 amide bonds. The highest BCUT2D eigenvalue weighted by Crippen LogP contribution is 2.13. The zero-order valence-electron chi connectivity index (χ0n) is 9.11. The monoisotopic (exact) mass is 198 g/mol.